The molecule has 0 fully saturated rings. The van der Waals surface area contributed by atoms with Gasteiger partial charge in [-0.15, -0.1) is 0 Å². The summed E-state index contributed by atoms with van der Waals surface area (Å²) in [5.41, 5.74) is 1.05. The van der Waals surface area contributed by atoms with Crippen molar-refractivity contribution in [1.82, 2.24) is 9.58 Å². The van der Waals surface area contributed by atoms with E-state index >= 15 is 0 Å². The van der Waals surface area contributed by atoms with Gasteiger partial charge in [0.2, 0.25) is 5.43 Å². The van der Waals surface area contributed by atoms with Gasteiger partial charge in [-0.2, -0.15) is 0 Å². The highest BCUT2D eigenvalue weighted by Crippen LogP contribution is 2.41. The first kappa shape index (κ1) is 33.9. The average molecular weight is 713 g/mol. The molecule has 9 nitrogen and oxygen atoms in total. The highest BCUT2D eigenvalue weighted by atomic mass is 79.9. The number of hydrogen-bond acceptors (Lipinski definition) is 7. The van der Waals surface area contributed by atoms with E-state index in [1.165, 1.54) is 21.8 Å². The number of methoxy groups -OCH3 is 1. The van der Waals surface area contributed by atoms with Gasteiger partial charge in [0, 0.05) is 41.8 Å². The number of aromatic nitrogens is 1. The van der Waals surface area contributed by atoms with Crippen LogP contribution in [0.1, 0.15) is 59.4 Å². The van der Waals surface area contributed by atoms with Crippen LogP contribution in [0.4, 0.5) is 8.78 Å². The topological polar surface area (TPSA) is 93.5 Å². The van der Waals surface area contributed by atoms with E-state index < -0.39 is 40.9 Å². The number of carbonyl (C=O) groups excluding carboxylic acids is 1. The Kier molecular flexibility index (Phi) is 10.8. The second kappa shape index (κ2) is 15.0. The maximum atomic E-state index is 14.9. The number of benzene rings is 3. The van der Waals surface area contributed by atoms with Crippen LogP contribution in [-0.2, 0) is 11.3 Å². The number of ether oxygens (including phenoxy) is 3. The Balaban J connectivity index is 1.64. The molecule has 4 aromatic rings. The van der Waals surface area contributed by atoms with Gasteiger partial charge in [-0.05, 0) is 41.8 Å². The molecule has 1 aromatic heterocycles. The van der Waals surface area contributed by atoms with Gasteiger partial charge in [-0.3, -0.25) is 19.3 Å². The second-order valence-corrected chi connectivity index (χ2v) is 12.0. The van der Waals surface area contributed by atoms with Crippen molar-refractivity contribution in [2.75, 3.05) is 32.4 Å². The number of phenolic OH excluding ortho intramolecular Hbond substituents is 1. The van der Waals surface area contributed by atoms with Crippen LogP contribution in [0.25, 0.3) is 0 Å². The van der Waals surface area contributed by atoms with Gasteiger partial charge >= 0.3 is 0 Å². The summed E-state index contributed by atoms with van der Waals surface area (Å²) in [5.74, 6) is -2.70. The maximum Gasteiger partial charge on any atom is 0.277 e. The molecule has 2 heterocycles. The van der Waals surface area contributed by atoms with Crippen molar-refractivity contribution in [2.45, 2.75) is 45.0 Å². The molecule has 1 aliphatic rings. The number of hydrogen-bond donors (Lipinski definition) is 1. The third-order valence-electron chi connectivity index (χ3n) is 8.08. The van der Waals surface area contributed by atoms with E-state index in [0.717, 1.165) is 29.9 Å². The Morgan fingerprint density at radius 2 is 1.70 bits per heavy atom. The quantitative estimate of drug-likeness (QED) is 0.158. The summed E-state index contributed by atoms with van der Waals surface area (Å²) < 4.78 is 48.5. The molecule has 3 aromatic carbocycles. The summed E-state index contributed by atoms with van der Waals surface area (Å²) >= 11 is 3.60. The van der Waals surface area contributed by atoms with Crippen molar-refractivity contribution in [3.8, 4) is 17.2 Å². The molecule has 5 rings (SSSR count). The molecule has 0 saturated carbocycles. The van der Waals surface area contributed by atoms with Crippen molar-refractivity contribution in [1.29, 1.82) is 0 Å². The second-order valence-electron chi connectivity index (χ2n) is 11.1. The Bertz CT molecular complexity index is 1780. The van der Waals surface area contributed by atoms with Gasteiger partial charge in [-0.25, -0.2) is 8.78 Å². The SMILES string of the molecule is CCCCOc1c2n(ccc1=O)N(C(c1cc(F)c(F)cc1O)c1ccccc1Br)C(CCOCc1ccc(OC)cc1)N(C)C2=O. The molecule has 2 atom stereocenters. The van der Waals surface area contributed by atoms with Gasteiger partial charge in [0.05, 0.1) is 26.9 Å². The predicted octanol–water partition coefficient (Wildman–Crippen LogP) is 6.53. The molecule has 0 bridgehead atoms. The first-order valence-electron chi connectivity index (χ1n) is 15.2. The van der Waals surface area contributed by atoms with E-state index in [1.54, 1.807) is 43.4 Å². The summed E-state index contributed by atoms with van der Waals surface area (Å²) in [6, 6.07) is 16.6. The minimum atomic E-state index is -1.21. The smallest absolute Gasteiger partial charge is 0.277 e. The molecule has 47 heavy (non-hydrogen) atoms. The van der Waals surface area contributed by atoms with Crippen LogP contribution in [0.2, 0.25) is 0 Å². The highest BCUT2D eigenvalue weighted by molar-refractivity contribution is 9.10. The van der Waals surface area contributed by atoms with Crippen LogP contribution >= 0.6 is 15.9 Å². The number of carbonyl (C=O) groups is 1. The molecule has 1 aliphatic heterocycles. The Morgan fingerprint density at radius 3 is 2.40 bits per heavy atom. The number of nitrogens with zero attached hydrogens (tertiary/aromatic N) is 3. The number of aromatic hydroxyl groups is 1. The number of rotatable bonds is 13. The van der Waals surface area contributed by atoms with Crippen LogP contribution in [0.5, 0.6) is 17.2 Å². The zero-order valence-electron chi connectivity index (χ0n) is 26.3. The minimum Gasteiger partial charge on any atom is -0.507 e. The number of fused-ring (bicyclic) bond motifs is 1. The van der Waals surface area contributed by atoms with Gasteiger partial charge in [-0.1, -0.05) is 59.6 Å². The fourth-order valence-electron chi connectivity index (χ4n) is 5.62. The molecule has 1 amide bonds. The van der Waals surface area contributed by atoms with Crippen LogP contribution in [0, 0.1) is 11.6 Å². The van der Waals surface area contributed by atoms with Gasteiger partial charge in [0.25, 0.3) is 5.91 Å². The zero-order valence-corrected chi connectivity index (χ0v) is 27.9. The lowest BCUT2D eigenvalue weighted by Crippen LogP contribution is -2.61. The molecule has 0 radical (unpaired) electrons. The molecular weight excluding hydrogens is 676 g/mol. The molecule has 0 saturated heterocycles. The van der Waals surface area contributed by atoms with E-state index in [0.29, 0.717) is 23.1 Å². The van der Waals surface area contributed by atoms with Crippen LogP contribution in [-0.4, -0.2) is 54.1 Å². The normalized spacial score (nSPS) is 15.0. The molecule has 0 spiro atoms. The highest BCUT2D eigenvalue weighted by Gasteiger charge is 2.43. The predicted molar refractivity (Wildman–Crippen MR) is 176 cm³/mol. The lowest BCUT2D eigenvalue weighted by Gasteiger charge is -2.49. The van der Waals surface area contributed by atoms with Gasteiger partial charge in [0.15, 0.2) is 23.1 Å². The van der Waals surface area contributed by atoms with E-state index in [4.69, 9.17) is 14.2 Å². The number of pyridine rings is 1. The number of phenols is 1. The summed E-state index contributed by atoms with van der Waals surface area (Å²) in [5, 5.41) is 12.9. The number of halogens is 3. The molecule has 0 aliphatic carbocycles. The summed E-state index contributed by atoms with van der Waals surface area (Å²) in [6.07, 6.45) is 2.45. The number of unbranched alkanes of at least 4 members (excludes halogenated alkanes) is 1. The Hall–Kier alpha value is -4.42. The fourth-order valence-corrected chi connectivity index (χ4v) is 6.12. The zero-order chi connectivity index (χ0) is 33.7. The lowest BCUT2D eigenvalue weighted by molar-refractivity contribution is 0.0497. The van der Waals surface area contributed by atoms with Crippen molar-refractivity contribution in [3.63, 3.8) is 0 Å². The van der Waals surface area contributed by atoms with Crippen molar-refractivity contribution < 1.29 is 32.9 Å². The van der Waals surface area contributed by atoms with E-state index in [1.807, 2.05) is 31.2 Å². The van der Waals surface area contributed by atoms with Crippen molar-refractivity contribution in [3.05, 3.63) is 122 Å². The third kappa shape index (κ3) is 7.13. The maximum absolute atomic E-state index is 14.9. The van der Waals surface area contributed by atoms with Gasteiger partial charge < -0.3 is 24.2 Å². The average Bonchev–Trinajstić information content (AvgIpc) is 3.06. The molecule has 1 N–H and O–H groups in total. The number of amides is 1. The Labute approximate surface area is 280 Å². The largest absolute Gasteiger partial charge is 0.507 e. The van der Waals surface area contributed by atoms with Gasteiger partial charge in [0.1, 0.15) is 23.7 Å². The fraction of sp³-hybridized carbons (Fsp3) is 0.314. The monoisotopic (exact) mass is 711 g/mol. The van der Waals surface area contributed by atoms with E-state index in [9.17, 15) is 23.5 Å². The van der Waals surface area contributed by atoms with Crippen LogP contribution in [0.15, 0.2) is 82.2 Å². The summed E-state index contributed by atoms with van der Waals surface area (Å²) in [6.45, 7) is 2.70. The molecule has 248 valence electrons. The molecule has 12 heteroatoms. The summed E-state index contributed by atoms with van der Waals surface area (Å²) in [7, 11) is 3.19. The van der Waals surface area contributed by atoms with Crippen LogP contribution < -0.4 is 19.9 Å². The first-order chi connectivity index (χ1) is 22.7. The third-order valence-corrected chi connectivity index (χ3v) is 8.80. The molecule has 2 unspecified atom stereocenters. The van der Waals surface area contributed by atoms with Crippen molar-refractivity contribution >= 4 is 21.8 Å². The first-order valence-corrected chi connectivity index (χ1v) is 16.0. The van der Waals surface area contributed by atoms with E-state index in [2.05, 4.69) is 15.9 Å². The lowest BCUT2D eigenvalue weighted by atomic mass is 9.95. The van der Waals surface area contributed by atoms with Crippen LogP contribution in [0.3, 0.4) is 0 Å². The van der Waals surface area contributed by atoms with E-state index in [-0.39, 0.29) is 36.6 Å². The van der Waals surface area contributed by atoms with Crippen molar-refractivity contribution in [2.24, 2.45) is 0 Å². The molecular formula is C35H36BrF2N3O6. The summed E-state index contributed by atoms with van der Waals surface area (Å²) in [4.78, 5) is 28.6. The minimum absolute atomic E-state index is 0.0226. The Morgan fingerprint density at radius 1 is 0.979 bits per heavy atom. The standard InChI is InChI=1S/C35H36BrF2N3O6/c1-4-5-17-47-34-29(42)14-16-40-33(34)35(44)39(2)31(15-18-46-21-22-10-12-23(45-3)13-11-22)41(40)32(24-8-6-7-9-26(24)36)25-19-27(37)28(38)20-30(25)43/h6-14,16,19-20,31-32,43H,4-5,15,17-18,21H2,1-3H3.